The Morgan fingerprint density at radius 2 is 1.84 bits per heavy atom. The average Bonchev–Trinajstić information content (AvgIpc) is 3.49. The number of nitrogens with two attached hydrogens (primary N) is 1. The van der Waals surface area contributed by atoms with E-state index >= 15 is 0 Å². The Morgan fingerprint density at radius 3 is 2.53 bits per heavy atom. The van der Waals surface area contributed by atoms with Crippen LogP contribution in [0.25, 0.3) is 0 Å². The molecule has 4 rings (SSSR count). The standard InChI is InChI=1S/C27H37N3O7S/c1-18(2)15-30(38(33,34)21-10-8-20(28)9-11-21)16-24(31)25(14-19-6-4-3-5-7-19)37-27(32)29-23-17-36-26-22(23)12-13-35-26/h3-11,18,22-26,31H,12-17,28H2,1-2H3,(H,29,32)/t22-,23-,24-,25+,26+/m1/s1. The first kappa shape index (κ1) is 28.3. The maximum absolute atomic E-state index is 13.5. The number of nitrogens with one attached hydrogen (secondary N) is 1. The number of fused-ring (bicyclic) bond motifs is 1. The van der Waals surface area contributed by atoms with Gasteiger partial charge < -0.3 is 30.4 Å². The maximum Gasteiger partial charge on any atom is 0.407 e. The van der Waals surface area contributed by atoms with Gasteiger partial charge in [-0.2, -0.15) is 4.31 Å². The Balaban J connectivity index is 1.51. The third kappa shape index (κ3) is 7.03. The van der Waals surface area contributed by atoms with Crippen molar-refractivity contribution >= 4 is 21.8 Å². The lowest BCUT2D eigenvalue weighted by molar-refractivity contribution is -0.0905. The van der Waals surface area contributed by atoms with Crippen LogP contribution in [0.15, 0.2) is 59.5 Å². The molecule has 2 aliphatic heterocycles. The summed E-state index contributed by atoms with van der Waals surface area (Å²) >= 11 is 0. The Bertz CT molecular complexity index is 1160. The summed E-state index contributed by atoms with van der Waals surface area (Å²) in [7, 11) is -3.94. The summed E-state index contributed by atoms with van der Waals surface area (Å²) in [6.45, 7) is 4.61. The van der Waals surface area contributed by atoms with Crippen LogP contribution in [0.5, 0.6) is 0 Å². The van der Waals surface area contributed by atoms with E-state index in [4.69, 9.17) is 19.9 Å². The summed E-state index contributed by atoms with van der Waals surface area (Å²) in [6.07, 6.45) is -2.31. The highest BCUT2D eigenvalue weighted by Crippen LogP contribution is 2.31. The van der Waals surface area contributed by atoms with Crippen molar-refractivity contribution in [2.75, 3.05) is 32.0 Å². The van der Waals surface area contributed by atoms with E-state index in [0.29, 0.717) is 18.9 Å². The van der Waals surface area contributed by atoms with Gasteiger partial charge in [-0.15, -0.1) is 0 Å². The molecule has 38 heavy (non-hydrogen) atoms. The van der Waals surface area contributed by atoms with E-state index in [2.05, 4.69) is 5.32 Å². The molecule has 0 aromatic heterocycles. The van der Waals surface area contributed by atoms with Crippen LogP contribution in [0.2, 0.25) is 0 Å². The van der Waals surface area contributed by atoms with E-state index in [9.17, 15) is 18.3 Å². The Kier molecular flexibility index (Phi) is 9.27. The largest absolute Gasteiger partial charge is 0.443 e. The minimum absolute atomic E-state index is 0.00788. The molecule has 0 saturated carbocycles. The molecule has 0 aliphatic carbocycles. The lowest BCUT2D eigenvalue weighted by atomic mass is 10.0. The third-order valence-corrected chi connectivity index (χ3v) is 8.63. The number of nitrogen functional groups attached to an aromatic ring is 1. The van der Waals surface area contributed by atoms with E-state index in [1.165, 1.54) is 28.6 Å². The number of ether oxygens (including phenoxy) is 3. The number of alkyl carbamates (subject to hydrolysis) is 1. The third-order valence-electron chi connectivity index (χ3n) is 6.79. The zero-order chi connectivity index (χ0) is 27.3. The summed E-state index contributed by atoms with van der Waals surface area (Å²) in [5, 5.41) is 14.1. The number of nitrogens with zero attached hydrogens (tertiary/aromatic N) is 1. The van der Waals surface area contributed by atoms with Crippen molar-refractivity contribution in [3.63, 3.8) is 0 Å². The number of benzene rings is 2. The van der Waals surface area contributed by atoms with Gasteiger partial charge in [0.25, 0.3) is 0 Å². The molecule has 208 valence electrons. The molecule has 2 aliphatic rings. The fourth-order valence-electron chi connectivity index (χ4n) is 4.83. The Morgan fingerprint density at radius 1 is 1.13 bits per heavy atom. The second kappa shape index (κ2) is 12.4. The van der Waals surface area contributed by atoms with Crippen LogP contribution in [0.3, 0.4) is 0 Å². The molecule has 2 aromatic rings. The summed E-state index contributed by atoms with van der Waals surface area (Å²) in [4.78, 5) is 13.0. The minimum atomic E-state index is -3.94. The van der Waals surface area contributed by atoms with Gasteiger partial charge in [-0.3, -0.25) is 0 Å². The number of aliphatic hydroxyl groups excluding tert-OH is 1. The first-order valence-corrected chi connectivity index (χ1v) is 14.4. The van der Waals surface area contributed by atoms with Crippen LogP contribution in [0, 0.1) is 11.8 Å². The second-order valence-electron chi connectivity index (χ2n) is 10.3. The van der Waals surface area contributed by atoms with Crippen LogP contribution >= 0.6 is 0 Å². The lowest BCUT2D eigenvalue weighted by Crippen LogP contribution is -2.48. The highest BCUT2D eigenvalue weighted by Gasteiger charge is 2.43. The van der Waals surface area contributed by atoms with Crippen molar-refractivity contribution < 1.29 is 32.5 Å². The predicted molar refractivity (Wildman–Crippen MR) is 142 cm³/mol. The SMILES string of the molecule is CC(C)CN(C[C@@H](O)[C@H](Cc1ccccc1)OC(=O)N[C@@H]1CO[C@@H]2OCC[C@@H]21)S(=O)(=O)c1ccc(N)cc1. The second-order valence-corrected chi connectivity index (χ2v) is 12.2. The average molecular weight is 548 g/mol. The number of sulfonamides is 1. The van der Waals surface area contributed by atoms with E-state index in [-0.39, 0.29) is 48.6 Å². The van der Waals surface area contributed by atoms with Crippen LogP contribution in [0.4, 0.5) is 10.5 Å². The van der Waals surface area contributed by atoms with Gasteiger partial charge in [0.2, 0.25) is 10.0 Å². The maximum atomic E-state index is 13.5. The van der Waals surface area contributed by atoms with Gasteiger partial charge in [-0.05, 0) is 42.2 Å². The molecular formula is C27H37N3O7S. The number of anilines is 1. The molecule has 2 fully saturated rings. The molecule has 2 heterocycles. The number of aliphatic hydroxyl groups is 1. The van der Waals surface area contributed by atoms with Crippen LogP contribution < -0.4 is 11.1 Å². The number of hydrogen-bond donors (Lipinski definition) is 3. The molecule has 0 spiro atoms. The molecule has 4 N–H and O–H groups in total. The number of rotatable bonds is 11. The molecule has 5 atom stereocenters. The Labute approximate surface area is 224 Å². The van der Waals surface area contributed by atoms with Crippen LogP contribution in [0.1, 0.15) is 25.8 Å². The first-order valence-electron chi connectivity index (χ1n) is 12.9. The molecule has 11 heteroatoms. The topological polar surface area (TPSA) is 140 Å². The number of amides is 1. The van der Waals surface area contributed by atoms with Crippen molar-refractivity contribution in [3.05, 3.63) is 60.2 Å². The molecular weight excluding hydrogens is 510 g/mol. The molecule has 10 nitrogen and oxygen atoms in total. The zero-order valence-corrected chi connectivity index (χ0v) is 22.5. The van der Waals surface area contributed by atoms with Gasteiger partial charge in [-0.25, -0.2) is 13.2 Å². The van der Waals surface area contributed by atoms with E-state index in [1.807, 2.05) is 44.2 Å². The normalized spacial score (nSPS) is 22.8. The number of hydrogen-bond acceptors (Lipinski definition) is 8. The summed E-state index contributed by atoms with van der Waals surface area (Å²) < 4.78 is 45.0. The van der Waals surface area contributed by atoms with Gasteiger partial charge in [0, 0.05) is 31.1 Å². The van der Waals surface area contributed by atoms with E-state index in [0.717, 1.165) is 12.0 Å². The number of carbonyl (C=O) groups excluding carboxylic acids is 1. The molecule has 0 unspecified atom stereocenters. The van der Waals surface area contributed by atoms with Crippen molar-refractivity contribution in [1.29, 1.82) is 0 Å². The molecule has 0 radical (unpaired) electrons. The number of carbonyl (C=O) groups is 1. The van der Waals surface area contributed by atoms with Gasteiger partial charge in [0.15, 0.2) is 6.29 Å². The van der Waals surface area contributed by atoms with Crippen molar-refractivity contribution in [1.82, 2.24) is 9.62 Å². The zero-order valence-electron chi connectivity index (χ0n) is 21.7. The predicted octanol–water partition coefficient (Wildman–Crippen LogP) is 2.38. The van der Waals surface area contributed by atoms with Crippen LogP contribution in [-0.4, -0.2) is 74.8 Å². The lowest BCUT2D eigenvalue weighted by Gasteiger charge is -2.30. The smallest absolute Gasteiger partial charge is 0.407 e. The Hall–Kier alpha value is -2.70. The fourth-order valence-corrected chi connectivity index (χ4v) is 6.45. The van der Waals surface area contributed by atoms with Gasteiger partial charge in [-0.1, -0.05) is 44.2 Å². The first-order chi connectivity index (χ1) is 18.1. The summed E-state index contributed by atoms with van der Waals surface area (Å²) in [5.74, 6) is 0.0399. The van der Waals surface area contributed by atoms with Crippen molar-refractivity contribution in [3.8, 4) is 0 Å². The molecule has 2 saturated heterocycles. The van der Waals surface area contributed by atoms with Gasteiger partial charge in [0.1, 0.15) is 12.2 Å². The quantitative estimate of drug-likeness (QED) is 0.364. The molecule has 0 bridgehead atoms. The van der Waals surface area contributed by atoms with E-state index < -0.39 is 28.3 Å². The van der Waals surface area contributed by atoms with E-state index in [1.54, 1.807) is 0 Å². The van der Waals surface area contributed by atoms with Gasteiger partial charge in [0.05, 0.1) is 24.2 Å². The monoisotopic (exact) mass is 547 g/mol. The van der Waals surface area contributed by atoms with Crippen molar-refractivity contribution in [2.45, 2.75) is 56.1 Å². The molecule has 2 aromatic carbocycles. The highest BCUT2D eigenvalue weighted by molar-refractivity contribution is 7.89. The molecule has 1 amide bonds. The van der Waals surface area contributed by atoms with Gasteiger partial charge >= 0.3 is 6.09 Å². The van der Waals surface area contributed by atoms with Crippen molar-refractivity contribution in [2.24, 2.45) is 11.8 Å². The summed E-state index contributed by atoms with van der Waals surface area (Å²) in [5.41, 5.74) is 7.03. The fraction of sp³-hybridized carbons (Fsp3) is 0.519. The van der Waals surface area contributed by atoms with Crippen LogP contribution in [-0.2, 0) is 30.7 Å². The minimum Gasteiger partial charge on any atom is -0.443 e. The highest BCUT2D eigenvalue weighted by atomic mass is 32.2. The summed E-state index contributed by atoms with van der Waals surface area (Å²) in [6, 6.07) is 15.0.